The van der Waals surface area contributed by atoms with Gasteiger partial charge in [0.05, 0.1) is 17.3 Å². The third-order valence-electron chi connectivity index (χ3n) is 7.59. The smallest absolute Gasteiger partial charge is 0.263 e. The van der Waals surface area contributed by atoms with Crippen LogP contribution in [0.2, 0.25) is 0 Å². The first-order valence-corrected chi connectivity index (χ1v) is 13.4. The molecule has 1 fully saturated rings. The maximum Gasteiger partial charge on any atom is 0.263 e. The van der Waals surface area contributed by atoms with Crippen LogP contribution in [0.25, 0.3) is 16.5 Å². The molecular formula is C32H35N3O2. The van der Waals surface area contributed by atoms with Crippen LogP contribution >= 0.6 is 0 Å². The van der Waals surface area contributed by atoms with E-state index in [2.05, 4.69) is 24.1 Å². The molecule has 0 saturated carbocycles. The number of nitrogens with one attached hydrogen (secondary N) is 1. The van der Waals surface area contributed by atoms with Gasteiger partial charge in [0.1, 0.15) is 0 Å². The summed E-state index contributed by atoms with van der Waals surface area (Å²) < 4.78 is 1.76. The molecule has 5 heteroatoms. The standard InChI is InChI=1S/C32H35N3O2/c1-3-28(24-12-6-4-7-13-24)33-31(36)30-26-16-10-11-17-27(26)32(37)35(25-14-8-5-9-15-25)29(30)22-34-20-18-23(2)19-21-34/h4-17,23,28H,3,18-22H2,1-2H3,(H,33,36)/t28-/m0/s1. The number of benzene rings is 3. The van der Waals surface area contributed by atoms with E-state index >= 15 is 0 Å². The average Bonchev–Trinajstić information content (AvgIpc) is 2.94. The van der Waals surface area contributed by atoms with Gasteiger partial charge in [-0.1, -0.05) is 80.6 Å². The molecule has 1 aliphatic heterocycles. The number of piperidine rings is 1. The Bertz CT molecular complexity index is 1420. The van der Waals surface area contributed by atoms with E-state index in [1.54, 1.807) is 4.57 Å². The summed E-state index contributed by atoms with van der Waals surface area (Å²) in [6, 6.07) is 27.2. The van der Waals surface area contributed by atoms with Crippen molar-refractivity contribution >= 4 is 16.7 Å². The van der Waals surface area contributed by atoms with Crippen LogP contribution in [-0.2, 0) is 6.54 Å². The second-order valence-corrected chi connectivity index (χ2v) is 10.1. The molecule has 5 rings (SSSR count). The normalized spacial score (nSPS) is 15.5. The molecule has 1 amide bonds. The zero-order valence-corrected chi connectivity index (χ0v) is 21.7. The van der Waals surface area contributed by atoms with Gasteiger partial charge in [0.15, 0.2) is 0 Å². The highest BCUT2D eigenvalue weighted by atomic mass is 16.2. The number of nitrogens with zero attached hydrogens (tertiary/aromatic N) is 2. The van der Waals surface area contributed by atoms with E-state index in [0.29, 0.717) is 28.8 Å². The van der Waals surface area contributed by atoms with Crippen LogP contribution in [-0.4, -0.2) is 28.5 Å². The third kappa shape index (κ3) is 5.23. The number of aromatic nitrogens is 1. The number of para-hydroxylation sites is 1. The quantitative estimate of drug-likeness (QED) is 0.338. The van der Waals surface area contributed by atoms with Crippen LogP contribution in [0, 0.1) is 5.92 Å². The number of hydrogen-bond donors (Lipinski definition) is 1. The van der Waals surface area contributed by atoms with Crippen molar-refractivity contribution in [1.29, 1.82) is 0 Å². The van der Waals surface area contributed by atoms with Crippen molar-refractivity contribution in [2.75, 3.05) is 13.1 Å². The lowest BCUT2D eigenvalue weighted by atomic mass is 9.97. The lowest BCUT2D eigenvalue weighted by molar-refractivity contribution is 0.0933. The molecule has 3 aromatic carbocycles. The Morgan fingerprint density at radius 3 is 2.14 bits per heavy atom. The Hall–Kier alpha value is -3.70. The molecule has 0 aliphatic carbocycles. The first kappa shape index (κ1) is 25.0. The molecule has 190 valence electrons. The summed E-state index contributed by atoms with van der Waals surface area (Å²) in [4.78, 5) is 30.5. The molecule has 0 radical (unpaired) electrons. The van der Waals surface area contributed by atoms with Crippen LogP contribution in [0.15, 0.2) is 89.7 Å². The van der Waals surface area contributed by atoms with Crippen LogP contribution < -0.4 is 10.9 Å². The van der Waals surface area contributed by atoms with E-state index in [9.17, 15) is 9.59 Å². The number of pyridine rings is 1. The van der Waals surface area contributed by atoms with E-state index in [-0.39, 0.29) is 17.5 Å². The fourth-order valence-electron chi connectivity index (χ4n) is 5.42. The van der Waals surface area contributed by atoms with Crippen molar-refractivity contribution in [3.63, 3.8) is 0 Å². The number of carbonyl (C=O) groups excluding carboxylic acids is 1. The minimum atomic E-state index is -0.142. The summed E-state index contributed by atoms with van der Waals surface area (Å²) >= 11 is 0. The van der Waals surface area contributed by atoms with Crippen molar-refractivity contribution in [3.8, 4) is 5.69 Å². The molecule has 1 saturated heterocycles. The van der Waals surface area contributed by atoms with Crippen molar-refractivity contribution in [1.82, 2.24) is 14.8 Å². The molecule has 5 nitrogen and oxygen atoms in total. The fraction of sp³-hybridized carbons (Fsp3) is 0.312. The van der Waals surface area contributed by atoms with Gasteiger partial charge in [-0.2, -0.15) is 0 Å². The molecule has 37 heavy (non-hydrogen) atoms. The van der Waals surface area contributed by atoms with Gasteiger partial charge in [-0.15, -0.1) is 0 Å². The summed E-state index contributed by atoms with van der Waals surface area (Å²) in [5.41, 5.74) is 3.11. The topological polar surface area (TPSA) is 54.3 Å². The van der Waals surface area contributed by atoms with E-state index in [0.717, 1.165) is 49.3 Å². The summed E-state index contributed by atoms with van der Waals surface area (Å²) in [7, 11) is 0. The van der Waals surface area contributed by atoms with Gasteiger partial charge in [-0.25, -0.2) is 0 Å². The predicted octanol–water partition coefficient (Wildman–Crippen LogP) is 6.10. The van der Waals surface area contributed by atoms with Crippen LogP contribution in [0.3, 0.4) is 0 Å². The van der Waals surface area contributed by atoms with E-state index in [1.807, 2.05) is 84.9 Å². The molecule has 1 aromatic heterocycles. The number of carbonyl (C=O) groups is 1. The number of fused-ring (bicyclic) bond motifs is 1. The lowest BCUT2D eigenvalue weighted by Gasteiger charge is -2.32. The van der Waals surface area contributed by atoms with E-state index in [4.69, 9.17) is 0 Å². The van der Waals surface area contributed by atoms with Gasteiger partial charge in [0.25, 0.3) is 11.5 Å². The minimum Gasteiger partial charge on any atom is -0.345 e. The first-order chi connectivity index (χ1) is 18.1. The Morgan fingerprint density at radius 2 is 1.49 bits per heavy atom. The Labute approximate surface area is 218 Å². The van der Waals surface area contributed by atoms with Gasteiger partial charge in [0.2, 0.25) is 0 Å². The molecule has 0 spiro atoms. The van der Waals surface area contributed by atoms with Crippen LogP contribution in [0.1, 0.15) is 60.8 Å². The summed E-state index contributed by atoms with van der Waals surface area (Å²) in [6.07, 6.45) is 3.01. The molecule has 2 heterocycles. The average molecular weight is 494 g/mol. The van der Waals surface area contributed by atoms with E-state index < -0.39 is 0 Å². The van der Waals surface area contributed by atoms with Gasteiger partial charge in [-0.05, 0) is 62.0 Å². The summed E-state index contributed by atoms with van der Waals surface area (Å²) in [5.74, 6) is 0.556. The predicted molar refractivity (Wildman–Crippen MR) is 150 cm³/mol. The first-order valence-electron chi connectivity index (χ1n) is 13.4. The SMILES string of the molecule is CC[C@H](NC(=O)c1c(CN2CCC(C)CC2)n(-c2ccccc2)c(=O)c2ccccc12)c1ccccc1. The molecular weight excluding hydrogens is 458 g/mol. The van der Waals surface area contributed by atoms with Crippen molar-refractivity contribution in [2.45, 2.75) is 45.7 Å². The van der Waals surface area contributed by atoms with Gasteiger partial charge >= 0.3 is 0 Å². The van der Waals surface area contributed by atoms with Gasteiger partial charge < -0.3 is 5.32 Å². The second-order valence-electron chi connectivity index (χ2n) is 10.1. The summed E-state index contributed by atoms with van der Waals surface area (Å²) in [6.45, 7) is 6.84. The Morgan fingerprint density at radius 1 is 0.892 bits per heavy atom. The van der Waals surface area contributed by atoms with Crippen molar-refractivity contribution in [2.24, 2.45) is 5.92 Å². The third-order valence-corrected chi connectivity index (χ3v) is 7.59. The van der Waals surface area contributed by atoms with Crippen LogP contribution in [0.5, 0.6) is 0 Å². The highest BCUT2D eigenvalue weighted by Crippen LogP contribution is 2.27. The molecule has 1 aliphatic rings. The summed E-state index contributed by atoms with van der Waals surface area (Å²) in [5, 5.41) is 4.57. The van der Waals surface area contributed by atoms with E-state index in [1.165, 1.54) is 0 Å². The Kier molecular flexibility index (Phi) is 7.52. The number of hydrogen-bond acceptors (Lipinski definition) is 3. The Balaban J connectivity index is 1.68. The number of likely N-dealkylation sites (tertiary alicyclic amines) is 1. The van der Waals surface area contributed by atoms with Crippen molar-refractivity contribution in [3.05, 3.63) is 112 Å². The maximum absolute atomic E-state index is 14.2. The zero-order chi connectivity index (χ0) is 25.8. The zero-order valence-electron chi connectivity index (χ0n) is 21.7. The molecule has 0 unspecified atom stereocenters. The fourth-order valence-corrected chi connectivity index (χ4v) is 5.42. The van der Waals surface area contributed by atoms with Crippen molar-refractivity contribution < 1.29 is 4.79 Å². The highest BCUT2D eigenvalue weighted by Gasteiger charge is 2.27. The number of rotatable bonds is 7. The monoisotopic (exact) mass is 493 g/mol. The molecule has 1 N–H and O–H groups in total. The molecule has 1 atom stereocenters. The van der Waals surface area contributed by atoms with Crippen LogP contribution in [0.4, 0.5) is 0 Å². The highest BCUT2D eigenvalue weighted by molar-refractivity contribution is 6.08. The minimum absolute atomic E-state index is 0.0890. The molecule has 4 aromatic rings. The largest absolute Gasteiger partial charge is 0.345 e. The number of amides is 1. The van der Waals surface area contributed by atoms with Gasteiger partial charge in [0, 0.05) is 23.0 Å². The maximum atomic E-state index is 14.2. The van der Waals surface area contributed by atoms with Gasteiger partial charge in [-0.3, -0.25) is 19.1 Å². The molecule has 0 bridgehead atoms. The lowest BCUT2D eigenvalue weighted by Crippen LogP contribution is -2.38. The second kappa shape index (κ2) is 11.1.